The Hall–Kier alpha value is -0.283. The highest BCUT2D eigenvalue weighted by atomic mass is 79.9. The van der Waals surface area contributed by atoms with Gasteiger partial charge < -0.3 is 4.43 Å². The van der Waals surface area contributed by atoms with Crippen LogP contribution in [0, 0.1) is 0 Å². The molecule has 0 unspecified atom stereocenters. The van der Waals surface area contributed by atoms with E-state index in [0.717, 1.165) is 17.5 Å². The topological polar surface area (TPSA) is 9.23 Å². The van der Waals surface area contributed by atoms with Crippen molar-refractivity contribution in [1.82, 2.24) is 0 Å². The average Bonchev–Trinajstić information content (AvgIpc) is 2.34. The number of benzene rings is 1. The van der Waals surface area contributed by atoms with E-state index in [0.29, 0.717) is 0 Å². The molecule has 0 fully saturated rings. The van der Waals surface area contributed by atoms with Crippen LogP contribution in [0.3, 0.4) is 0 Å². The molecule has 0 atom stereocenters. The molecule has 0 bridgehead atoms. The van der Waals surface area contributed by atoms with Crippen molar-refractivity contribution >= 4 is 24.2 Å². The number of hydrogen-bond acceptors (Lipinski definition) is 1. The van der Waals surface area contributed by atoms with E-state index in [4.69, 9.17) is 4.43 Å². The average molecular weight is 357 g/mol. The van der Waals surface area contributed by atoms with Crippen LogP contribution in [0.2, 0.25) is 18.1 Å². The molecule has 1 aromatic rings. The van der Waals surface area contributed by atoms with Gasteiger partial charge in [0, 0.05) is 5.33 Å². The van der Waals surface area contributed by atoms with Gasteiger partial charge >= 0.3 is 0 Å². The third kappa shape index (κ3) is 4.63. The van der Waals surface area contributed by atoms with Crippen LogP contribution in [0.5, 0.6) is 5.75 Å². The number of unbranched alkanes of at least 4 members (excludes halogenated alkanes) is 1. The normalized spacial score (nSPS) is 12.6. The Morgan fingerprint density at radius 3 is 2.30 bits per heavy atom. The van der Waals surface area contributed by atoms with Crippen molar-refractivity contribution in [3.8, 4) is 5.75 Å². The van der Waals surface area contributed by atoms with Gasteiger partial charge in [-0.3, -0.25) is 0 Å². The van der Waals surface area contributed by atoms with Crippen LogP contribution < -0.4 is 4.43 Å². The van der Waals surface area contributed by atoms with Crippen molar-refractivity contribution < 1.29 is 4.43 Å². The van der Waals surface area contributed by atoms with E-state index in [1.54, 1.807) is 0 Å². The first kappa shape index (κ1) is 17.8. The van der Waals surface area contributed by atoms with Crippen LogP contribution in [0.4, 0.5) is 0 Å². The fourth-order valence-electron chi connectivity index (χ4n) is 1.84. The minimum Gasteiger partial charge on any atom is -0.543 e. The van der Waals surface area contributed by atoms with Gasteiger partial charge in [-0.15, -0.1) is 0 Å². The van der Waals surface area contributed by atoms with E-state index in [2.05, 4.69) is 74.9 Å². The first-order valence-electron chi connectivity index (χ1n) is 7.58. The Morgan fingerprint density at radius 2 is 1.80 bits per heavy atom. The largest absolute Gasteiger partial charge is 0.543 e. The smallest absolute Gasteiger partial charge is 0.250 e. The van der Waals surface area contributed by atoms with E-state index in [1.807, 2.05) is 0 Å². The monoisotopic (exact) mass is 356 g/mol. The predicted octanol–water partition coefficient (Wildman–Crippen LogP) is 6.31. The summed E-state index contributed by atoms with van der Waals surface area (Å²) in [7, 11) is -1.74. The molecule has 0 heterocycles. The summed E-state index contributed by atoms with van der Waals surface area (Å²) < 4.78 is 6.41. The Labute approximate surface area is 134 Å². The van der Waals surface area contributed by atoms with Crippen LogP contribution in [0.15, 0.2) is 18.2 Å². The number of halogens is 1. The zero-order chi connectivity index (χ0) is 15.4. The lowest BCUT2D eigenvalue weighted by molar-refractivity contribution is 0.491. The highest BCUT2D eigenvalue weighted by Crippen LogP contribution is 2.37. The minimum absolute atomic E-state index is 0.241. The molecule has 3 heteroatoms. The molecule has 0 aliphatic rings. The zero-order valence-corrected chi connectivity index (χ0v) is 16.4. The lowest BCUT2D eigenvalue weighted by Crippen LogP contribution is -2.43. The number of alkyl halides is 1. The van der Waals surface area contributed by atoms with E-state index in [1.165, 1.54) is 24.0 Å². The molecule has 0 N–H and O–H groups in total. The fraction of sp³-hybridized carbons (Fsp3) is 0.647. The van der Waals surface area contributed by atoms with Gasteiger partial charge in [0.1, 0.15) is 5.75 Å². The summed E-state index contributed by atoms with van der Waals surface area (Å²) in [6.07, 6.45) is 3.62. The second-order valence-corrected chi connectivity index (χ2v) is 12.3. The molecule has 0 radical (unpaired) electrons. The third-order valence-electron chi connectivity index (χ3n) is 4.30. The molecule has 1 aromatic carbocycles. The Morgan fingerprint density at radius 1 is 1.15 bits per heavy atom. The van der Waals surface area contributed by atoms with Gasteiger partial charge in [-0.25, -0.2) is 0 Å². The molecular formula is C17H29BrOSi. The Kier molecular flexibility index (Phi) is 6.33. The highest BCUT2D eigenvalue weighted by molar-refractivity contribution is 9.08. The maximum absolute atomic E-state index is 6.41. The van der Waals surface area contributed by atoms with Gasteiger partial charge in [0.2, 0.25) is 8.32 Å². The minimum atomic E-state index is -1.74. The van der Waals surface area contributed by atoms with E-state index >= 15 is 0 Å². The summed E-state index contributed by atoms with van der Waals surface area (Å²) >= 11 is 3.59. The van der Waals surface area contributed by atoms with E-state index in [9.17, 15) is 0 Å². The van der Waals surface area contributed by atoms with Gasteiger partial charge in [0.25, 0.3) is 0 Å². The molecule has 0 saturated heterocycles. The van der Waals surface area contributed by atoms with Gasteiger partial charge in [0.15, 0.2) is 0 Å². The molecule has 20 heavy (non-hydrogen) atoms. The fourth-order valence-corrected chi connectivity index (χ4v) is 3.41. The van der Waals surface area contributed by atoms with Crippen molar-refractivity contribution in [2.24, 2.45) is 0 Å². The Bertz CT molecular complexity index is 435. The first-order chi connectivity index (χ1) is 9.21. The van der Waals surface area contributed by atoms with Gasteiger partial charge in [-0.05, 0) is 54.2 Å². The van der Waals surface area contributed by atoms with E-state index in [-0.39, 0.29) is 5.04 Å². The van der Waals surface area contributed by atoms with Crippen molar-refractivity contribution in [3.05, 3.63) is 29.3 Å². The molecule has 0 spiro atoms. The lowest BCUT2D eigenvalue weighted by atomic mass is 10.0. The van der Waals surface area contributed by atoms with Crippen LogP contribution in [0.25, 0.3) is 0 Å². The molecule has 1 nitrogen and oxygen atoms in total. The summed E-state index contributed by atoms with van der Waals surface area (Å²) in [5.74, 6) is 1.05. The number of aryl methyl sites for hydroxylation is 1. The standard InChI is InChI=1S/C17H29BrOSi/c1-7-8-9-14-12-16(11-10-15(14)13-18)19-20(5,6)17(2,3)4/h10-12H,7-9,13H2,1-6H3. The SMILES string of the molecule is CCCCc1cc(O[Si](C)(C)C(C)(C)C)ccc1CBr. The van der Waals surface area contributed by atoms with E-state index < -0.39 is 8.32 Å². The predicted molar refractivity (Wildman–Crippen MR) is 95.5 cm³/mol. The van der Waals surface area contributed by atoms with Crippen LogP contribution >= 0.6 is 15.9 Å². The molecule has 114 valence electrons. The lowest BCUT2D eigenvalue weighted by Gasteiger charge is -2.36. The summed E-state index contributed by atoms with van der Waals surface area (Å²) in [6.45, 7) is 13.7. The van der Waals surface area contributed by atoms with Crippen molar-refractivity contribution in [1.29, 1.82) is 0 Å². The number of hydrogen-bond donors (Lipinski definition) is 0. The second kappa shape index (κ2) is 7.12. The molecule has 0 aliphatic heterocycles. The quantitative estimate of drug-likeness (QED) is 0.428. The highest BCUT2D eigenvalue weighted by Gasteiger charge is 2.38. The first-order valence-corrected chi connectivity index (χ1v) is 11.6. The summed E-state index contributed by atoms with van der Waals surface area (Å²) in [5.41, 5.74) is 2.82. The van der Waals surface area contributed by atoms with Crippen molar-refractivity contribution in [2.75, 3.05) is 0 Å². The molecule has 0 aliphatic carbocycles. The maximum atomic E-state index is 6.41. The van der Waals surface area contributed by atoms with Gasteiger partial charge in [-0.2, -0.15) is 0 Å². The third-order valence-corrected chi connectivity index (χ3v) is 9.26. The van der Waals surface area contributed by atoms with Gasteiger partial charge in [-0.1, -0.05) is 56.1 Å². The summed E-state index contributed by atoms with van der Waals surface area (Å²) in [5, 5.41) is 1.16. The Balaban J connectivity index is 2.97. The molecule has 0 aromatic heterocycles. The second-order valence-electron chi connectivity index (χ2n) is 7.03. The van der Waals surface area contributed by atoms with Gasteiger partial charge in [0.05, 0.1) is 0 Å². The zero-order valence-electron chi connectivity index (χ0n) is 13.8. The molecular weight excluding hydrogens is 328 g/mol. The molecule has 0 amide bonds. The number of rotatable bonds is 6. The molecule has 0 saturated carbocycles. The maximum Gasteiger partial charge on any atom is 0.250 e. The van der Waals surface area contributed by atoms with Crippen molar-refractivity contribution in [3.63, 3.8) is 0 Å². The summed E-state index contributed by atoms with van der Waals surface area (Å²) in [6, 6.07) is 6.60. The summed E-state index contributed by atoms with van der Waals surface area (Å²) in [4.78, 5) is 0. The van der Waals surface area contributed by atoms with Crippen molar-refractivity contribution in [2.45, 2.75) is 70.4 Å². The van der Waals surface area contributed by atoms with Crippen LogP contribution in [0.1, 0.15) is 51.7 Å². The van der Waals surface area contributed by atoms with Crippen LogP contribution in [-0.4, -0.2) is 8.32 Å². The van der Waals surface area contributed by atoms with Crippen LogP contribution in [-0.2, 0) is 11.8 Å². The molecule has 1 rings (SSSR count).